The second-order valence-corrected chi connectivity index (χ2v) is 7.01. The molecule has 1 aliphatic carbocycles. The molecule has 0 bridgehead atoms. The molecule has 1 aromatic rings. The topological polar surface area (TPSA) is 21.3 Å². The molecule has 3 rings (SSSR count). The number of nitrogens with one attached hydrogen (secondary N) is 1. The Morgan fingerprint density at radius 2 is 2.19 bits per heavy atom. The van der Waals surface area contributed by atoms with Gasteiger partial charge >= 0.3 is 0 Å². The highest BCUT2D eigenvalue weighted by Gasteiger charge is 2.43. The number of rotatable bonds is 7. The van der Waals surface area contributed by atoms with E-state index in [1.807, 2.05) is 0 Å². The van der Waals surface area contributed by atoms with Gasteiger partial charge in [0.2, 0.25) is 0 Å². The normalized spacial score (nSPS) is 23.5. The third kappa shape index (κ3) is 3.39. The van der Waals surface area contributed by atoms with Crippen molar-refractivity contribution >= 4 is 0 Å². The number of fused-ring (bicyclic) bond motifs is 1. The molecule has 1 fully saturated rings. The van der Waals surface area contributed by atoms with Gasteiger partial charge in [-0.1, -0.05) is 13.8 Å². The molecule has 0 amide bonds. The Bertz CT molecular complexity index is 500. The molecule has 1 saturated carbocycles. The standard InChI is InChI=1S/C18H26FNO/c1-3-8-20-12-18(2,14-4-5-14)11-16-10-13-9-15(19)6-7-17(13)21-16/h6-7,9,14,16,20H,3-5,8,10-12H2,1-2H3. The smallest absolute Gasteiger partial charge is 0.123 e. The van der Waals surface area contributed by atoms with E-state index in [4.69, 9.17) is 4.74 Å². The van der Waals surface area contributed by atoms with Gasteiger partial charge in [-0.05, 0) is 61.8 Å². The Kier molecular flexibility index (Phi) is 4.21. The van der Waals surface area contributed by atoms with Crippen molar-refractivity contribution in [2.45, 2.75) is 52.1 Å². The van der Waals surface area contributed by atoms with Gasteiger partial charge in [0.15, 0.2) is 0 Å². The molecular formula is C18H26FNO. The van der Waals surface area contributed by atoms with Gasteiger partial charge in [0.05, 0.1) is 0 Å². The van der Waals surface area contributed by atoms with Crippen LogP contribution in [0.5, 0.6) is 5.75 Å². The van der Waals surface area contributed by atoms with E-state index in [1.165, 1.54) is 25.3 Å². The summed E-state index contributed by atoms with van der Waals surface area (Å²) >= 11 is 0. The van der Waals surface area contributed by atoms with Crippen LogP contribution in [0.2, 0.25) is 0 Å². The molecule has 3 heteroatoms. The van der Waals surface area contributed by atoms with Crippen molar-refractivity contribution in [3.8, 4) is 5.75 Å². The molecule has 0 spiro atoms. The molecule has 0 radical (unpaired) electrons. The summed E-state index contributed by atoms with van der Waals surface area (Å²) in [5, 5.41) is 3.59. The van der Waals surface area contributed by atoms with E-state index < -0.39 is 0 Å². The third-order valence-corrected chi connectivity index (χ3v) is 4.98. The summed E-state index contributed by atoms with van der Waals surface area (Å²) in [4.78, 5) is 0. The first-order chi connectivity index (χ1) is 10.1. The zero-order chi connectivity index (χ0) is 14.9. The highest BCUT2D eigenvalue weighted by Crippen LogP contribution is 2.49. The minimum atomic E-state index is -0.160. The summed E-state index contributed by atoms with van der Waals surface area (Å²) in [6.07, 6.45) is 5.98. The first-order valence-electron chi connectivity index (χ1n) is 8.26. The van der Waals surface area contributed by atoms with Gasteiger partial charge in [-0.25, -0.2) is 4.39 Å². The summed E-state index contributed by atoms with van der Waals surface area (Å²) in [6, 6.07) is 4.89. The number of ether oxygens (including phenoxy) is 1. The maximum Gasteiger partial charge on any atom is 0.123 e. The van der Waals surface area contributed by atoms with E-state index in [-0.39, 0.29) is 11.9 Å². The van der Waals surface area contributed by atoms with Crippen LogP contribution in [0.4, 0.5) is 4.39 Å². The van der Waals surface area contributed by atoms with Crippen LogP contribution >= 0.6 is 0 Å². The third-order valence-electron chi connectivity index (χ3n) is 4.98. The summed E-state index contributed by atoms with van der Waals surface area (Å²) in [5.74, 6) is 1.54. The van der Waals surface area contributed by atoms with Crippen molar-refractivity contribution < 1.29 is 9.13 Å². The minimum absolute atomic E-state index is 0.160. The van der Waals surface area contributed by atoms with Crippen molar-refractivity contribution in [2.24, 2.45) is 11.3 Å². The van der Waals surface area contributed by atoms with Crippen molar-refractivity contribution in [3.63, 3.8) is 0 Å². The molecule has 2 atom stereocenters. The summed E-state index contributed by atoms with van der Waals surface area (Å²) in [5.41, 5.74) is 1.33. The van der Waals surface area contributed by atoms with E-state index in [0.29, 0.717) is 5.41 Å². The summed E-state index contributed by atoms with van der Waals surface area (Å²) in [6.45, 7) is 6.74. The molecule has 2 nitrogen and oxygen atoms in total. The van der Waals surface area contributed by atoms with Gasteiger partial charge in [-0.15, -0.1) is 0 Å². The van der Waals surface area contributed by atoms with Crippen LogP contribution in [0.1, 0.15) is 45.1 Å². The second-order valence-electron chi connectivity index (χ2n) is 7.01. The fourth-order valence-corrected chi connectivity index (χ4v) is 3.64. The Morgan fingerprint density at radius 1 is 1.38 bits per heavy atom. The quantitative estimate of drug-likeness (QED) is 0.768. The zero-order valence-electron chi connectivity index (χ0n) is 13.1. The van der Waals surface area contributed by atoms with E-state index in [1.54, 1.807) is 12.1 Å². The van der Waals surface area contributed by atoms with Crippen molar-refractivity contribution in [3.05, 3.63) is 29.6 Å². The van der Waals surface area contributed by atoms with Crippen LogP contribution in [0.15, 0.2) is 18.2 Å². The van der Waals surface area contributed by atoms with Crippen molar-refractivity contribution in [1.82, 2.24) is 5.32 Å². The van der Waals surface area contributed by atoms with Crippen LogP contribution in [-0.2, 0) is 6.42 Å². The average Bonchev–Trinajstić information content (AvgIpc) is 3.22. The van der Waals surface area contributed by atoms with Crippen molar-refractivity contribution in [1.29, 1.82) is 0 Å². The lowest BCUT2D eigenvalue weighted by Gasteiger charge is -2.32. The molecule has 1 N–H and O–H groups in total. The lowest BCUT2D eigenvalue weighted by atomic mass is 9.78. The average molecular weight is 291 g/mol. The number of benzene rings is 1. The van der Waals surface area contributed by atoms with Crippen LogP contribution < -0.4 is 10.1 Å². The molecule has 0 aromatic heterocycles. The van der Waals surface area contributed by atoms with E-state index >= 15 is 0 Å². The highest BCUT2D eigenvalue weighted by atomic mass is 19.1. The molecule has 116 valence electrons. The molecule has 1 aliphatic heterocycles. The lowest BCUT2D eigenvalue weighted by molar-refractivity contribution is 0.126. The minimum Gasteiger partial charge on any atom is -0.490 e. The molecule has 2 aliphatic rings. The van der Waals surface area contributed by atoms with Crippen LogP contribution in [0.25, 0.3) is 0 Å². The maximum absolute atomic E-state index is 13.3. The van der Waals surface area contributed by atoms with Gasteiger partial charge in [-0.2, -0.15) is 0 Å². The van der Waals surface area contributed by atoms with Gasteiger partial charge in [0.1, 0.15) is 17.7 Å². The van der Waals surface area contributed by atoms with Crippen LogP contribution in [0.3, 0.4) is 0 Å². The number of hydrogen-bond donors (Lipinski definition) is 1. The molecular weight excluding hydrogens is 265 g/mol. The second kappa shape index (κ2) is 5.96. The Balaban J connectivity index is 1.62. The van der Waals surface area contributed by atoms with Gasteiger partial charge in [-0.3, -0.25) is 0 Å². The largest absolute Gasteiger partial charge is 0.490 e. The SMILES string of the molecule is CCCNCC(C)(CC1Cc2cc(F)ccc2O1)C1CC1. The van der Waals surface area contributed by atoms with Gasteiger partial charge in [0, 0.05) is 18.5 Å². The highest BCUT2D eigenvalue weighted by molar-refractivity contribution is 5.38. The van der Waals surface area contributed by atoms with Crippen LogP contribution in [-0.4, -0.2) is 19.2 Å². The first kappa shape index (κ1) is 14.8. The van der Waals surface area contributed by atoms with E-state index in [2.05, 4.69) is 19.2 Å². The summed E-state index contributed by atoms with van der Waals surface area (Å²) in [7, 11) is 0. The van der Waals surface area contributed by atoms with Gasteiger partial charge < -0.3 is 10.1 Å². The molecule has 2 unspecified atom stereocenters. The maximum atomic E-state index is 13.3. The fourth-order valence-electron chi connectivity index (χ4n) is 3.64. The van der Waals surface area contributed by atoms with Crippen LogP contribution in [0, 0.1) is 17.2 Å². The Morgan fingerprint density at radius 3 is 2.90 bits per heavy atom. The predicted octanol–water partition coefficient (Wildman–Crippen LogP) is 3.94. The molecule has 1 heterocycles. The summed E-state index contributed by atoms with van der Waals surface area (Å²) < 4.78 is 19.4. The zero-order valence-corrected chi connectivity index (χ0v) is 13.1. The fraction of sp³-hybridized carbons (Fsp3) is 0.667. The Hall–Kier alpha value is -1.09. The van der Waals surface area contributed by atoms with E-state index in [9.17, 15) is 4.39 Å². The number of hydrogen-bond acceptors (Lipinski definition) is 2. The molecule has 0 saturated heterocycles. The molecule has 1 aromatic carbocycles. The van der Waals surface area contributed by atoms with Crippen molar-refractivity contribution in [2.75, 3.05) is 13.1 Å². The number of halogens is 1. The lowest BCUT2D eigenvalue weighted by Crippen LogP contribution is -2.38. The van der Waals surface area contributed by atoms with Gasteiger partial charge in [0.25, 0.3) is 0 Å². The first-order valence-corrected chi connectivity index (χ1v) is 8.26. The monoisotopic (exact) mass is 291 g/mol. The Labute approximate surface area is 127 Å². The van der Waals surface area contributed by atoms with E-state index in [0.717, 1.165) is 43.2 Å². The molecule has 21 heavy (non-hydrogen) atoms. The predicted molar refractivity (Wildman–Crippen MR) is 83.1 cm³/mol.